The van der Waals surface area contributed by atoms with Crippen molar-refractivity contribution in [1.29, 1.82) is 0 Å². The van der Waals surface area contributed by atoms with E-state index in [4.69, 9.17) is 4.74 Å². The molecule has 6 heteroatoms. The lowest BCUT2D eigenvalue weighted by atomic mass is 9.94. The molecule has 0 saturated carbocycles. The summed E-state index contributed by atoms with van der Waals surface area (Å²) in [4.78, 5) is 0. The van der Waals surface area contributed by atoms with Gasteiger partial charge in [0, 0.05) is 26.7 Å². The molecule has 0 aromatic carbocycles. The number of aromatic nitrogens is 2. The fraction of sp³-hybridized carbons (Fsp3) is 0.750. The van der Waals surface area contributed by atoms with E-state index in [-0.39, 0.29) is 0 Å². The molecule has 1 aliphatic rings. The number of aliphatic hydroxyl groups is 1. The third-order valence-corrected chi connectivity index (χ3v) is 3.19. The monoisotopic (exact) mass is 254 g/mol. The Morgan fingerprint density at radius 2 is 2.50 bits per heavy atom. The van der Waals surface area contributed by atoms with Crippen molar-refractivity contribution in [2.45, 2.75) is 31.6 Å². The summed E-state index contributed by atoms with van der Waals surface area (Å²) in [6.07, 6.45) is 1.88. The van der Waals surface area contributed by atoms with Gasteiger partial charge in [-0.3, -0.25) is 5.10 Å². The standard InChI is InChI=1S/C12H22N4O2/c1-18-7-11-5-10(15-16-11)6-14-9-12(17)3-2-4-13-8-12/h5,13-14,17H,2-4,6-9H2,1H3,(H,15,16)/t12-/m0/s1. The van der Waals surface area contributed by atoms with Crippen molar-refractivity contribution in [2.24, 2.45) is 0 Å². The Kier molecular flexibility index (Phi) is 4.71. The molecule has 0 aliphatic carbocycles. The Labute approximate surface area is 107 Å². The van der Waals surface area contributed by atoms with Crippen molar-refractivity contribution in [2.75, 3.05) is 26.7 Å². The van der Waals surface area contributed by atoms with Crippen molar-refractivity contribution in [1.82, 2.24) is 20.8 Å². The molecule has 1 fully saturated rings. The molecule has 1 atom stereocenters. The van der Waals surface area contributed by atoms with E-state index in [1.165, 1.54) is 0 Å². The highest BCUT2D eigenvalue weighted by Gasteiger charge is 2.28. The second kappa shape index (κ2) is 6.29. The molecule has 1 aromatic heterocycles. The van der Waals surface area contributed by atoms with E-state index >= 15 is 0 Å². The number of H-pyrrole nitrogens is 1. The highest BCUT2D eigenvalue weighted by Crippen LogP contribution is 2.14. The number of piperidine rings is 1. The van der Waals surface area contributed by atoms with Crippen LogP contribution in [0.5, 0.6) is 0 Å². The van der Waals surface area contributed by atoms with Crippen LogP contribution in [0.1, 0.15) is 24.2 Å². The summed E-state index contributed by atoms with van der Waals surface area (Å²) in [6.45, 7) is 3.45. The Balaban J connectivity index is 1.73. The smallest absolute Gasteiger partial charge is 0.0895 e. The van der Waals surface area contributed by atoms with Crippen LogP contribution < -0.4 is 10.6 Å². The second-order valence-electron chi connectivity index (χ2n) is 4.93. The van der Waals surface area contributed by atoms with Crippen LogP contribution in [0.4, 0.5) is 0 Å². The third kappa shape index (κ3) is 3.78. The fourth-order valence-corrected chi connectivity index (χ4v) is 2.26. The van der Waals surface area contributed by atoms with E-state index in [0.29, 0.717) is 26.2 Å². The van der Waals surface area contributed by atoms with Crippen molar-refractivity contribution in [3.8, 4) is 0 Å². The summed E-state index contributed by atoms with van der Waals surface area (Å²) in [5, 5.41) is 23.8. The van der Waals surface area contributed by atoms with Gasteiger partial charge in [0.05, 0.1) is 23.6 Å². The molecule has 1 aromatic rings. The summed E-state index contributed by atoms with van der Waals surface area (Å²) in [5.74, 6) is 0. The first-order valence-electron chi connectivity index (χ1n) is 6.38. The van der Waals surface area contributed by atoms with Crippen LogP contribution in [0, 0.1) is 0 Å². The number of hydrogen-bond acceptors (Lipinski definition) is 5. The van der Waals surface area contributed by atoms with Gasteiger partial charge in [-0.05, 0) is 25.5 Å². The van der Waals surface area contributed by atoms with Crippen molar-refractivity contribution in [3.05, 3.63) is 17.5 Å². The zero-order valence-corrected chi connectivity index (χ0v) is 10.8. The molecule has 2 rings (SSSR count). The maximum Gasteiger partial charge on any atom is 0.0895 e. The third-order valence-electron chi connectivity index (χ3n) is 3.19. The number of nitrogens with one attached hydrogen (secondary N) is 3. The number of hydrogen-bond donors (Lipinski definition) is 4. The predicted octanol–water partition coefficient (Wildman–Crippen LogP) is -0.240. The van der Waals surface area contributed by atoms with Crippen LogP contribution in [0.15, 0.2) is 6.07 Å². The number of ether oxygens (including phenoxy) is 1. The number of nitrogens with zero attached hydrogens (tertiary/aromatic N) is 1. The molecule has 0 amide bonds. The number of rotatable bonds is 6. The van der Waals surface area contributed by atoms with Gasteiger partial charge in [-0.25, -0.2) is 0 Å². The Hall–Kier alpha value is -0.950. The molecule has 0 unspecified atom stereocenters. The van der Waals surface area contributed by atoms with E-state index in [1.54, 1.807) is 7.11 Å². The Morgan fingerprint density at radius 1 is 1.61 bits per heavy atom. The lowest BCUT2D eigenvalue weighted by molar-refractivity contribution is 0.0168. The highest BCUT2D eigenvalue weighted by molar-refractivity contribution is 5.07. The van der Waals surface area contributed by atoms with Gasteiger partial charge >= 0.3 is 0 Å². The van der Waals surface area contributed by atoms with Gasteiger partial charge in [0.15, 0.2) is 0 Å². The molecule has 1 saturated heterocycles. The van der Waals surface area contributed by atoms with E-state index in [2.05, 4.69) is 20.8 Å². The van der Waals surface area contributed by atoms with Gasteiger partial charge in [-0.1, -0.05) is 0 Å². The zero-order valence-electron chi connectivity index (χ0n) is 10.8. The van der Waals surface area contributed by atoms with Crippen LogP contribution >= 0.6 is 0 Å². The van der Waals surface area contributed by atoms with Gasteiger partial charge in [0.1, 0.15) is 0 Å². The maximum absolute atomic E-state index is 10.3. The summed E-state index contributed by atoms with van der Waals surface area (Å²) in [5.41, 5.74) is 1.28. The quantitative estimate of drug-likeness (QED) is 0.563. The zero-order chi connectivity index (χ0) is 12.8. The maximum atomic E-state index is 10.3. The minimum atomic E-state index is -0.621. The summed E-state index contributed by atoms with van der Waals surface area (Å²) in [7, 11) is 1.66. The van der Waals surface area contributed by atoms with Gasteiger partial charge in [-0.2, -0.15) is 5.10 Å². The molecule has 102 valence electrons. The van der Waals surface area contributed by atoms with E-state index in [9.17, 15) is 5.11 Å². The average Bonchev–Trinajstić information content (AvgIpc) is 2.78. The van der Waals surface area contributed by atoms with Gasteiger partial charge in [0.2, 0.25) is 0 Å². The van der Waals surface area contributed by atoms with Crippen molar-refractivity contribution < 1.29 is 9.84 Å². The first-order chi connectivity index (χ1) is 8.72. The molecule has 4 N–H and O–H groups in total. The first-order valence-corrected chi connectivity index (χ1v) is 6.38. The minimum absolute atomic E-state index is 0.543. The SMILES string of the molecule is COCc1cc(CNC[C@]2(O)CCCNC2)n[nH]1. The second-order valence-corrected chi connectivity index (χ2v) is 4.93. The van der Waals surface area contributed by atoms with Crippen LogP contribution in [0.25, 0.3) is 0 Å². The fourth-order valence-electron chi connectivity index (χ4n) is 2.26. The largest absolute Gasteiger partial charge is 0.387 e. The molecule has 18 heavy (non-hydrogen) atoms. The molecule has 1 aliphatic heterocycles. The molecule has 0 radical (unpaired) electrons. The molecule has 0 spiro atoms. The number of methoxy groups -OCH3 is 1. The lowest BCUT2D eigenvalue weighted by Gasteiger charge is -2.32. The summed E-state index contributed by atoms with van der Waals surface area (Å²) < 4.78 is 5.02. The van der Waals surface area contributed by atoms with E-state index in [0.717, 1.165) is 30.8 Å². The van der Waals surface area contributed by atoms with Crippen LogP contribution in [-0.4, -0.2) is 47.6 Å². The summed E-state index contributed by atoms with van der Waals surface area (Å²) in [6, 6.07) is 1.97. The first kappa shape index (κ1) is 13.5. The highest BCUT2D eigenvalue weighted by atomic mass is 16.5. The van der Waals surface area contributed by atoms with Crippen molar-refractivity contribution in [3.63, 3.8) is 0 Å². The molecule has 6 nitrogen and oxygen atoms in total. The van der Waals surface area contributed by atoms with Gasteiger partial charge in [0.25, 0.3) is 0 Å². The number of aromatic amines is 1. The average molecular weight is 254 g/mol. The van der Waals surface area contributed by atoms with Gasteiger partial charge < -0.3 is 20.5 Å². The van der Waals surface area contributed by atoms with Crippen LogP contribution in [0.2, 0.25) is 0 Å². The molecular weight excluding hydrogens is 232 g/mol. The van der Waals surface area contributed by atoms with E-state index < -0.39 is 5.60 Å². The van der Waals surface area contributed by atoms with Crippen molar-refractivity contribution >= 4 is 0 Å². The normalized spacial score (nSPS) is 24.3. The Bertz CT molecular complexity index is 361. The molecule has 2 heterocycles. The topological polar surface area (TPSA) is 82.2 Å². The minimum Gasteiger partial charge on any atom is -0.387 e. The van der Waals surface area contributed by atoms with Crippen LogP contribution in [-0.2, 0) is 17.9 Å². The molecular formula is C12H22N4O2. The van der Waals surface area contributed by atoms with Gasteiger partial charge in [-0.15, -0.1) is 0 Å². The number of β-amino-alcohol motifs (C(OH)–C–C–N with tert-alkyl or cyclic N) is 1. The lowest BCUT2D eigenvalue weighted by Crippen LogP contribution is -2.51. The summed E-state index contributed by atoms with van der Waals surface area (Å²) >= 11 is 0. The molecule has 0 bridgehead atoms. The van der Waals surface area contributed by atoms with E-state index in [1.807, 2.05) is 6.07 Å². The predicted molar refractivity (Wildman–Crippen MR) is 68.1 cm³/mol. The van der Waals surface area contributed by atoms with Crippen LogP contribution in [0.3, 0.4) is 0 Å². The Morgan fingerprint density at radius 3 is 3.22 bits per heavy atom.